The fourth-order valence-corrected chi connectivity index (χ4v) is 3.37. The zero-order chi connectivity index (χ0) is 16.5. The van der Waals surface area contributed by atoms with Crippen LogP contribution < -0.4 is 9.47 Å². The number of aromatic nitrogens is 3. The summed E-state index contributed by atoms with van der Waals surface area (Å²) in [5.74, 6) is 2.12. The van der Waals surface area contributed by atoms with Crippen LogP contribution in [0.3, 0.4) is 0 Å². The van der Waals surface area contributed by atoms with Crippen LogP contribution in [-0.4, -0.2) is 28.8 Å². The minimum absolute atomic E-state index is 0.668. The molecule has 4 rings (SSSR count). The molecule has 0 aliphatic heterocycles. The molecule has 0 fully saturated rings. The number of fused-ring (bicyclic) bond motifs is 1. The summed E-state index contributed by atoms with van der Waals surface area (Å²) in [6, 6.07) is 13.9. The number of thiophene rings is 1. The highest BCUT2D eigenvalue weighted by Crippen LogP contribution is 2.32. The molecule has 5 nitrogen and oxygen atoms in total. The molecule has 120 valence electrons. The van der Waals surface area contributed by atoms with E-state index in [-0.39, 0.29) is 0 Å². The lowest BCUT2D eigenvalue weighted by Crippen LogP contribution is -1.94. The van der Waals surface area contributed by atoms with Crippen molar-refractivity contribution in [2.45, 2.75) is 0 Å². The van der Waals surface area contributed by atoms with Crippen LogP contribution in [0.4, 0.5) is 0 Å². The number of hydrogen-bond donors (Lipinski definition) is 0. The third-order valence-corrected chi connectivity index (χ3v) is 4.77. The van der Waals surface area contributed by atoms with E-state index in [2.05, 4.69) is 33.9 Å². The second-order valence-electron chi connectivity index (χ2n) is 5.22. The maximum atomic E-state index is 5.39. The molecular formula is C18H15N3O2S. The third-order valence-electron chi connectivity index (χ3n) is 3.85. The first-order chi connectivity index (χ1) is 11.8. The highest BCUT2D eigenvalue weighted by atomic mass is 32.1. The van der Waals surface area contributed by atoms with Crippen molar-refractivity contribution in [3.8, 4) is 33.3 Å². The molecule has 0 aliphatic rings. The molecule has 0 bridgehead atoms. The highest BCUT2D eigenvalue weighted by Gasteiger charge is 2.12. The summed E-state index contributed by atoms with van der Waals surface area (Å²) in [6.07, 6.45) is 2.06. The predicted molar refractivity (Wildman–Crippen MR) is 94.8 cm³/mol. The van der Waals surface area contributed by atoms with Gasteiger partial charge in [-0.3, -0.25) is 4.40 Å². The topological polar surface area (TPSA) is 48.7 Å². The van der Waals surface area contributed by atoms with Gasteiger partial charge in [-0.15, -0.1) is 21.5 Å². The van der Waals surface area contributed by atoms with Crippen molar-refractivity contribution in [2.24, 2.45) is 0 Å². The standard InChI is InChI=1S/C18H15N3O2S/c1-22-14-7-5-12(10-15(14)23-2)18-20-19-17-8-6-13(11-21(17)18)16-4-3-9-24-16/h3-11H,1-2H3. The van der Waals surface area contributed by atoms with Gasteiger partial charge in [0.05, 0.1) is 14.2 Å². The van der Waals surface area contributed by atoms with Crippen LogP contribution in [0.2, 0.25) is 0 Å². The first-order valence-corrected chi connectivity index (χ1v) is 8.29. The zero-order valence-corrected chi connectivity index (χ0v) is 14.1. The van der Waals surface area contributed by atoms with Gasteiger partial charge in [0, 0.05) is 22.2 Å². The minimum atomic E-state index is 0.668. The van der Waals surface area contributed by atoms with Crippen LogP contribution in [0.15, 0.2) is 54.0 Å². The zero-order valence-electron chi connectivity index (χ0n) is 13.3. The fraction of sp³-hybridized carbons (Fsp3) is 0.111. The number of nitrogens with zero attached hydrogens (tertiary/aromatic N) is 3. The molecular weight excluding hydrogens is 322 g/mol. The highest BCUT2D eigenvalue weighted by molar-refractivity contribution is 7.13. The van der Waals surface area contributed by atoms with Gasteiger partial charge in [0.1, 0.15) is 0 Å². The Hall–Kier alpha value is -2.86. The molecule has 0 N–H and O–H groups in total. The Morgan fingerprint density at radius 3 is 2.50 bits per heavy atom. The number of benzene rings is 1. The number of rotatable bonds is 4. The number of ether oxygens (including phenoxy) is 2. The smallest absolute Gasteiger partial charge is 0.168 e. The number of pyridine rings is 1. The van der Waals surface area contributed by atoms with Crippen LogP contribution in [0.1, 0.15) is 0 Å². The van der Waals surface area contributed by atoms with Crippen LogP contribution in [0.5, 0.6) is 11.5 Å². The van der Waals surface area contributed by atoms with Crippen LogP contribution >= 0.6 is 11.3 Å². The summed E-state index contributed by atoms with van der Waals surface area (Å²) in [4.78, 5) is 1.21. The van der Waals surface area contributed by atoms with E-state index in [4.69, 9.17) is 9.47 Å². The van der Waals surface area contributed by atoms with Gasteiger partial charge in [0.15, 0.2) is 23.0 Å². The average molecular weight is 337 g/mol. The van der Waals surface area contributed by atoms with E-state index in [1.807, 2.05) is 34.7 Å². The maximum Gasteiger partial charge on any atom is 0.168 e. The summed E-state index contributed by atoms with van der Waals surface area (Å²) in [5.41, 5.74) is 2.86. The average Bonchev–Trinajstić information content (AvgIpc) is 3.30. The lowest BCUT2D eigenvalue weighted by Gasteiger charge is -2.09. The summed E-state index contributed by atoms with van der Waals surface area (Å²) in [7, 11) is 3.25. The molecule has 0 unspecified atom stereocenters. The predicted octanol–water partition coefficient (Wildman–Crippen LogP) is 4.14. The normalized spacial score (nSPS) is 10.9. The van der Waals surface area contributed by atoms with E-state index in [0.717, 1.165) is 22.6 Å². The van der Waals surface area contributed by atoms with Gasteiger partial charge >= 0.3 is 0 Å². The van der Waals surface area contributed by atoms with Gasteiger partial charge in [-0.1, -0.05) is 6.07 Å². The Labute approximate surface area is 143 Å². The summed E-state index contributed by atoms with van der Waals surface area (Å²) in [5, 5.41) is 10.7. The molecule has 0 amide bonds. The molecule has 0 spiro atoms. The van der Waals surface area contributed by atoms with Crippen LogP contribution in [0.25, 0.3) is 27.5 Å². The molecule has 0 saturated carbocycles. The van der Waals surface area contributed by atoms with Crippen molar-refractivity contribution in [3.63, 3.8) is 0 Å². The molecule has 3 heterocycles. The fourth-order valence-electron chi connectivity index (χ4n) is 2.65. The molecule has 0 saturated heterocycles. The Balaban J connectivity index is 1.86. The van der Waals surface area contributed by atoms with Crippen molar-refractivity contribution >= 4 is 17.0 Å². The molecule has 6 heteroatoms. The second-order valence-corrected chi connectivity index (χ2v) is 6.16. The Morgan fingerprint density at radius 2 is 1.75 bits per heavy atom. The summed E-state index contributed by atoms with van der Waals surface area (Å²) in [6.45, 7) is 0. The number of methoxy groups -OCH3 is 2. The first kappa shape index (κ1) is 14.7. The Kier molecular flexibility index (Phi) is 3.66. The molecule has 1 aromatic carbocycles. The van der Waals surface area contributed by atoms with Crippen molar-refractivity contribution in [2.75, 3.05) is 14.2 Å². The second kappa shape index (κ2) is 5.98. The van der Waals surface area contributed by atoms with E-state index in [1.165, 1.54) is 4.88 Å². The lowest BCUT2D eigenvalue weighted by molar-refractivity contribution is 0.355. The van der Waals surface area contributed by atoms with E-state index in [9.17, 15) is 0 Å². The maximum absolute atomic E-state index is 5.39. The van der Waals surface area contributed by atoms with Crippen LogP contribution in [-0.2, 0) is 0 Å². The van der Waals surface area contributed by atoms with Gasteiger partial charge in [-0.2, -0.15) is 0 Å². The van der Waals surface area contributed by atoms with E-state index in [0.29, 0.717) is 11.5 Å². The molecule has 4 aromatic rings. The molecule has 3 aromatic heterocycles. The van der Waals surface area contributed by atoms with E-state index >= 15 is 0 Å². The molecule has 0 aliphatic carbocycles. The van der Waals surface area contributed by atoms with Crippen molar-refractivity contribution in [1.82, 2.24) is 14.6 Å². The van der Waals surface area contributed by atoms with Gasteiger partial charge in [-0.05, 0) is 41.8 Å². The monoisotopic (exact) mass is 337 g/mol. The summed E-state index contributed by atoms with van der Waals surface area (Å²) < 4.78 is 12.7. The summed E-state index contributed by atoms with van der Waals surface area (Å²) >= 11 is 1.71. The third kappa shape index (κ3) is 2.41. The molecule has 0 radical (unpaired) electrons. The van der Waals surface area contributed by atoms with Gasteiger partial charge in [0.25, 0.3) is 0 Å². The quantitative estimate of drug-likeness (QED) is 0.561. The van der Waals surface area contributed by atoms with Crippen molar-refractivity contribution < 1.29 is 9.47 Å². The SMILES string of the molecule is COc1ccc(-c2nnc3ccc(-c4cccs4)cn23)cc1OC. The lowest BCUT2D eigenvalue weighted by atomic mass is 10.2. The molecule has 24 heavy (non-hydrogen) atoms. The minimum Gasteiger partial charge on any atom is -0.493 e. The van der Waals surface area contributed by atoms with Gasteiger partial charge in [-0.25, -0.2) is 0 Å². The Bertz CT molecular complexity index is 993. The van der Waals surface area contributed by atoms with Crippen LogP contribution in [0, 0.1) is 0 Å². The van der Waals surface area contributed by atoms with Gasteiger partial charge in [0.2, 0.25) is 0 Å². The van der Waals surface area contributed by atoms with Gasteiger partial charge < -0.3 is 9.47 Å². The molecule has 0 atom stereocenters. The number of hydrogen-bond acceptors (Lipinski definition) is 5. The van der Waals surface area contributed by atoms with Crippen molar-refractivity contribution in [1.29, 1.82) is 0 Å². The first-order valence-electron chi connectivity index (χ1n) is 7.41. The van der Waals surface area contributed by atoms with E-state index in [1.54, 1.807) is 25.6 Å². The Morgan fingerprint density at radius 1 is 0.917 bits per heavy atom. The van der Waals surface area contributed by atoms with Crippen molar-refractivity contribution in [3.05, 3.63) is 54.0 Å². The largest absolute Gasteiger partial charge is 0.493 e. The van der Waals surface area contributed by atoms with E-state index < -0.39 is 0 Å².